The van der Waals surface area contributed by atoms with Crippen LogP contribution in [0.2, 0.25) is 0 Å². The zero-order chi connectivity index (χ0) is 19.7. The van der Waals surface area contributed by atoms with Crippen molar-refractivity contribution in [2.75, 3.05) is 13.2 Å². The summed E-state index contributed by atoms with van der Waals surface area (Å²) in [4.78, 5) is 14.2. The van der Waals surface area contributed by atoms with Gasteiger partial charge in [-0.2, -0.15) is 0 Å². The van der Waals surface area contributed by atoms with Gasteiger partial charge in [-0.05, 0) is 49.7 Å². The van der Waals surface area contributed by atoms with Gasteiger partial charge in [-0.1, -0.05) is 17.7 Å². The maximum Gasteiger partial charge on any atom is 0.254 e. The Balaban J connectivity index is 1.52. The van der Waals surface area contributed by atoms with E-state index in [-0.39, 0.29) is 25.1 Å². The van der Waals surface area contributed by atoms with Crippen LogP contribution in [0, 0.1) is 6.92 Å². The number of aliphatic hydroxyl groups is 2. The van der Waals surface area contributed by atoms with E-state index in [0.717, 1.165) is 11.1 Å². The van der Waals surface area contributed by atoms with Gasteiger partial charge < -0.3 is 19.5 Å². The van der Waals surface area contributed by atoms with Crippen LogP contribution >= 0.6 is 0 Å². The van der Waals surface area contributed by atoms with E-state index in [1.54, 1.807) is 24.3 Å². The lowest BCUT2D eigenvalue weighted by atomic mass is 10.1. The Morgan fingerprint density at radius 1 is 1.07 bits per heavy atom. The Morgan fingerprint density at radius 3 is 2.21 bits per heavy atom. The Labute approximate surface area is 162 Å². The van der Waals surface area contributed by atoms with Crippen molar-refractivity contribution in [2.24, 2.45) is 0 Å². The third-order valence-corrected chi connectivity index (χ3v) is 4.97. The van der Waals surface area contributed by atoms with Crippen LogP contribution in [0.25, 0.3) is 22.9 Å². The number of carbonyl (C=O) groups excluding carboxylic acids is 1. The molecule has 4 rings (SSSR count). The molecular weight excluding hydrogens is 358 g/mol. The largest absolute Gasteiger partial charge is 0.416 e. The van der Waals surface area contributed by atoms with Gasteiger partial charge in [-0.3, -0.25) is 4.79 Å². The Morgan fingerprint density at radius 2 is 1.64 bits per heavy atom. The molecule has 2 heterocycles. The van der Waals surface area contributed by atoms with E-state index in [0.29, 0.717) is 29.3 Å². The number of nitrogens with zero attached hydrogens (tertiary/aromatic N) is 3. The molecule has 2 atom stereocenters. The number of aliphatic hydroxyl groups excluding tert-OH is 2. The molecule has 1 amide bonds. The molecule has 3 aromatic rings. The molecule has 0 bridgehead atoms. The summed E-state index contributed by atoms with van der Waals surface area (Å²) in [5.41, 5.74) is 3.19. The number of rotatable bonds is 4. The third-order valence-electron chi connectivity index (χ3n) is 4.97. The van der Waals surface area contributed by atoms with Gasteiger partial charge in [0.1, 0.15) is 0 Å². The van der Waals surface area contributed by atoms with Crippen molar-refractivity contribution in [1.29, 1.82) is 0 Å². The van der Waals surface area contributed by atoms with Crippen LogP contribution in [0.4, 0.5) is 0 Å². The maximum absolute atomic E-state index is 12.7. The molecule has 144 valence electrons. The van der Waals surface area contributed by atoms with E-state index in [4.69, 9.17) is 4.42 Å². The molecule has 1 fully saturated rings. The molecule has 1 aliphatic rings. The third kappa shape index (κ3) is 3.54. The zero-order valence-corrected chi connectivity index (χ0v) is 15.4. The van der Waals surface area contributed by atoms with Crippen LogP contribution in [-0.2, 0) is 0 Å². The second kappa shape index (κ2) is 7.53. The van der Waals surface area contributed by atoms with Gasteiger partial charge >= 0.3 is 0 Å². The van der Waals surface area contributed by atoms with Crippen LogP contribution in [0.1, 0.15) is 22.3 Å². The first kappa shape index (κ1) is 18.3. The lowest BCUT2D eigenvalue weighted by molar-refractivity contribution is 0.0665. The van der Waals surface area contributed by atoms with Gasteiger partial charge in [0.15, 0.2) is 0 Å². The molecule has 7 nitrogen and oxygen atoms in total. The molecule has 0 radical (unpaired) electrons. The van der Waals surface area contributed by atoms with Crippen LogP contribution in [-0.4, -0.2) is 56.5 Å². The Hall–Kier alpha value is -3.03. The van der Waals surface area contributed by atoms with Gasteiger partial charge in [-0.25, -0.2) is 0 Å². The van der Waals surface area contributed by atoms with Crippen LogP contribution in [0.3, 0.4) is 0 Å². The summed E-state index contributed by atoms with van der Waals surface area (Å²) in [7, 11) is 0. The predicted octanol–water partition coefficient (Wildman–Crippen LogP) is 2.28. The fourth-order valence-corrected chi connectivity index (χ4v) is 3.39. The van der Waals surface area contributed by atoms with E-state index in [1.807, 2.05) is 31.2 Å². The summed E-state index contributed by atoms with van der Waals surface area (Å²) >= 11 is 0. The number of aryl methyl sites for hydroxylation is 1. The molecule has 0 saturated carbocycles. The molecule has 0 unspecified atom stereocenters. The fourth-order valence-electron chi connectivity index (χ4n) is 3.39. The molecule has 0 spiro atoms. The fraction of sp³-hybridized carbons (Fsp3) is 0.286. The van der Waals surface area contributed by atoms with E-state index in [2.05, 4.69) is 10.2 Å². The summed E-state index contributed by atoms with van der Waals surface area (Å²) in [5.74, 6) is 0.597. The lowest BCUT2D eigenvalue weighted by Crippen LogP contribution is -2.37. The number of carbonyl (C=O) groups is 1. The highest BCUT2D eigenvalue weighted by Gasteiger charge is 2.34. The minimum absolute atomic E-state index is 0.162. The number of benzene rings is 2. The van der Waals surface area contributed by atoms with E-state index >= 15 is 0 Å². The minimum atomic E-state index is -0.598. The molecule has 1 aromatic heterocycles. The average Bonchev–Trinajstić information content (AvgIpc) is 3.35. The normalized spacial score (nSPS) is 19.2. The summed E-state index contributed by atoms with van der Waals surface area (Å²) in [6, 6.07) is 14.3. The molecule has 7 heteroatoms. The highest BCUT2D eigenvalue weighted by molar-refractivity contribution is 5.95. The summed E-state index contributed by atoms with van der Waals surface area (Å²) < 4.78 is 5.76. The molecule has 1 aliphatic heterocycles. The zero-order valence-electron chi connectivity index (χ0n) is 15.4. The van der Waals surface area contributed by atoms with Gasteiger partial charge in [-0.15, -0.1) is 10.2 Å². The molecule has 0 aliphatic carbocycles. The smallest absolute Gasteiger partial charge is 0.254 e. The number of hydrogen-bond acceptors (Lipinski definition) is 6. The molecular formula is C21H21N3O4. The SMILES string of the molecule is Cc1ccc(-c2nnc(-c3ccc(C(=O)N4C[C@@H](O)C[C@H]4CO)cc3)o2)cc1. The van der Waals surface area contributed by atoms with Crippen molar-refractivity contribution in [3.05, 3.63) is 59.7 Å². The standard InChI is InChI=1S/C21H21N3O4/c1-13-2-4-14(5-3-13)19-22-23-20(28-19)15-6-8-16(9-7-15)21(27)24-11-18(26)10-17(24)12-25/h2-9,17-18,25-26H,10-12H2,1H3/t17-,18-/m0/s1. The highest BCUT2D eigenvalue weighted by atomic mass is 16.4. The quantitative estimate of drug-likeness (QED) is 0.721. The van der Waals surface area contributed by atoms with Gasteiger partial charge in [0, 0.05) is 23.2 Å². The van der Waals surface area contributed by atoms with E-state index < -0.39 is 6.10 Å². The highest BCUT2D eigenvalue weighted by Crippen LogP contribution is 2.25. The van der Waals surface area contributed by atoms with Gasteiger partial charge in [0.25, 0.3) is 5.91 Å². The van der Waals surface area contributed by atoms with E-state index in [1.165, 1.54) is 4.90 Å². The predicted molar refractivity (Wildman–Crippen MR) is 102 cm³/mol. The van der Waals surface area contributed by atoms with Crippen molar-refractivity contribution >= 4 is 5.91 Å². The maximum atomic E-state index is 12.7. The lowest BCUT2D eigenvalue weighted by Gasteiger charge is -2.22. The van der Waals surface area contributed by atoms with Crippen molar-refractivity contribution < 1.29 is 19.4 Å². The van der Waals surface area contributed by atoms with Gasteiger partial charge in [0.05, 0.1) is 18.8 Å². The van der Waals surface area contributed by atoms with Crippen molar-refractivity contribution in [3.63, 3.8) is 0 Å². The van der Waals surface area contributed by atoms with Crippen molar-refractivity contribution in [3.8, 4) is 22.9 Å². The second-order valence-electron chi connectivity index (χ2n) is 7.04. The first-order chi connectivity index (χ1) is 13.5. The molecule has 2 N–H and O–H groups in total. The summed E-state index contributed by atoms with van der Waals surface area (Å²) in [6.07, 6.45) is -0.205. The second-order valence-corrected chi connectivity index (χ2v) is 7.04. The van der Waals surface area contributed by atoms with Crippen LogP contribution in [0.15, 0.2) is 52.9 Å². The van der Waals surface area contributed by atoms with Gasteiger partial charge in [0.2, 0.25) is 11.8 Å². The number of β-amino-alcohol motifs (C(OH)–C–C–N with tert-alkyl or cyclic N) is 1. The first-order valence-corrected chi connectivity index (χ1v) is 9.16. The summed E-state index contributed by atoms with van der Waals surface area (Å²) in [5, 5.41) is 27.4. The Bertz CT molecular complexity index is 966. The number of likely N-dealkylation sites (tertiary alicyclic amines) is 1. The van der Waals surface area contributed by atoms with E-state index in [9.17, 15) is 15.0 Å². The number of amides is 1. The Kier molecular flexibility index (Phi) is 4.93. The molecule has 2 aromatic carbocycles. The monoisotopic (exact) mass is 379 g/mol. The average molecular weight is 379 g/mol. The van der Waals surface area contributed by atoms with Crippen molar-refractivity contribution in [1.82, 2.24) is 15.1 Å². The van der Waals surface area contributed by atoms with Crippen LogP contribution in [0.5, 0.6) is 0 Å². The topological polar surface area (TPSA) is 99.7 Å². The first-order valence-electron chi connectivity index (χ1n) is 9.16. The summed E-state index contributed by atoms with van der Waals surface area (Å²) in [6.45, 7) is 2.08. The van der Waals surface area contributed by atoms with Crippen molar-refractivity contribution in [2.45, 2.75) is 25.5 Å². The molecule has 28 heavy (non-hydrogen) atoms. The molecule has 1 saturated heterocycles. The minimum Gasteiger partial charge on any atom is -0.416 e. The van der Waals surface area contributed by atoms with Crippen LogP contribution < -0.4 is 0 Å². The number of aromatic nitrogens is 2. The number of hydrogen-bond donors (Lipinski definition) is 2.